The second-order valence-corrected chi connectivity index (χ2v) is 7.75. The third-order valence-corrected chi connectivity index (χ3v) is 5.40. The highest BCUT2D eigenvalue weighted by atomic mass is 19.1. The minimum Gasteiger partial charge on any atom is -0.444 e. The van der Waals surface area contributed by atoms with Gasteiger partial charge in [0.15, 0.2) is 0 Å². The second kappa shape index (κ2) is 9.55. The van der Waals surface area contributed by atoms with Gasteiger partial charge in [-0.05, 0) is 43.2 Å². The van der Waals surface area contributed by atoms with Crippen molar-refractivity contribution in [3.05, 3.63) is 66.3 Å². The number of nitrogens with one attached hydrogen (secondary N) is 2. The molecule has 31 heavy (non-hydrogen) atoms. The fourth-order valence-corrected chi connectivity index (χ4v) is 3.77. The minimum absolute atomic E-state index is 0.0114. The maximum Gasteiger partial charge on any atom is 0.230 e. The largest absolute Gasteiger partial charge is 0.444 e. The van der Waals surface area contributed by atoms with Crippen molar-refractivity contribution < 1.29 is 18.4 Å². The topological polar surface area (TPSA) is 84.2 Å². The molecular weight excluding hydrogens is 397 g/mol. The van der Waals surface area contributed by atoms with E-state index in [2.05, 4.69) is 15.6 Å². The van der Waals surface area contributed by atoms with Crippen LogP contribution in [0.25, 0.3) is 11.5 Å². The second-order valence-electron chi connectivity index (χ2n) is 7.75. The number of amides is 2. The van der Waals surface area contributed by atoms with Crippen LogP contribution in [-0.4, -0.2) is 16.8 Å². The van der Waals surface area contributed by atoms with E-state index in [0.717, 1.165) is 37.7 Å². The standard InChI is InChI=1S/C24H24FN3O3/c25-20-12-11-18(13-21(20)28-23(30)16-7-3-1-4-8-16)26-22(29)14-19-15-31-24(27-19)17-9-5-2-6-10-17/h2,5-6,9-13,15-16H,1,3-4,7-8,14H2,(H,26,29)(H,28,30). The number of aromatic nitrogens is 1. The molecule has 0 saturated heterocycles. The number of carbonyl (C=O) groups excluding carboxylic acids is 2. The number of carbonyl (C=O) groups is 2. The van der Waals surface area contributed by atoms with E-state index in [1.54, 1.807) is 0 Å². The lowest BCUT2D eigenvalue weighted by Crippen LogP contribution is -2.25. The Labute approximate surface area is 179 Å². The number of nitrogens with zero attached hydrogens (tertiary/aromatic N) is 1. The molecule has 0 atom stereocenters. The van der Waals surface area contributed by atoms with Gasteiger partial charge in [-0.2, -0.15) is 0 Å². The van der Waals surface area contributed by atoms with Crippen LogP contribution >= 0.6 is 0 Å². The SMILES string of the molecule is O=C(Cc1coc(-c2ccccc2)n1)Nc1ccc(F)c(NC(=O)C2CCCCC2)c1. The van der Waals surface area contributed by atoms with Crippen molar-refractivity contribution in [2.24, 2.45) is 5.92 Å². The predicted octanol–water partition coefficient (Wildman–Crippen LogP) is 5.18. The maximum absolute atomic E-state index is 14.2. The Morgan fingerprint density at radius 3 is 2.58 bits per heavy atom. The molecule has 0 unspecified atom stereocenters. The van der Waals surface area contributed by atoms with Gasteiger partial charge in [0.2, 0.25) is 17.7 Å². The van der Waals surface area contributed by atoms with Crippen LogP contribution in [0.2, 0.25) is 0 Å². The summed E-state index contributed by atoms with van der Waals surface area (Å²) in [5, 5.41) is 5.39. The molecule has 1 fully saturated rings. The van der Waals surface area contributed by atoms with Gasteiger partial charge in [-0.3, -0.25) is 9.59 Å². The summed E-state index contributed by atoms with van der Waals surface area (Å²) in [6, 6.07) is 13.5. The van der Waals surface area contributed by atoms with Crippen LogP contribution in [0, 0.1) is 11.7 Å². The van der Waals surface area contributed by atoms with E-state index >= 15 is 0 Å². The van der Waals surface area contributed by atoms with Gasteiger partial charge in [-0.15, -0.1) is 0 Å². The third kappa shape index (κ3) is 5.36. The molecule has 1 heterocycles. The fourth-order valence-electron chi connectivity index (χ4n) is 3.77. The molecule has 1 aliphatic carbocycles. The Kier molecular flexibility index (Phi) is 6.40. The monoisotopic (exact) mass is 421 g/mol. The Morgan fingerprint density at radius 2 is 1.81 bits per heavy atom. The summed E-state index contributed by atoms with van der Waals surface area (Å²) in [7, 11) is 0. The number of anilines is 2. The van der Waals surface area contributed by atoms with E-state index in [4.69, 9.17) is 4.42 Å². The van der Waals surface area contributed by atoms with Crippen molar-refractivity contribution in [3.63, 3.8) is 0 Å². The van der Waals surface area contributed by atoms with Crippen LogP contribution < -0.4 is 10.6 Å². The highest BCUT2D eigenvalue weighted by Crippen LogP contribution is 2.27. The molecule has 160 valence electrons. The van der Waals surface area contributed by atoms with Crippen molar-refractivity contribution in [1.29, 1.82) is 0 Å². The molecule has 6 nitrogen and oxygen atoms in total. The van der Waals surface area contributed by atoms with Crippen LogP contribution in [0.1, 0.15) is 37.8 Å². The molecule has 4 rings (SSSR count). The molecule has 1 aliphatic rings. The molecule has 0 bridgehead atoms. The maximum atomic E-state index is 14.2. The van der Waals surface area contributed by atoms with Crippen molar-refractivity contribution >= 4 is 23.2 Å². The lowest BCUT2D eigenvalue weighted by atomic mass is 9.88. The highest BCUT2D eigenvalue weighted by Gasteiger charge is 2.22. The van der Waals surface area contributed by atoms with E-state index in [0.29, 0.717) is 17.3 Å². The van der Waals surface area contributed by atoms with Gasteiger partial charge in [0, 0.05) is 17.2 Å². The molecular formula is C24H24FN3O3. The first kappa shape index (κ1) is 20.8. The molecule has 1 aromatic heterocycles. The van der Waals surface area contributed by atoms with Crippen LogP contribution in [0.5, 0.6) is 0 Å². The highest BCUT2D eigenvalue weighted by molar-refractivity contribution is 5.95. The average molecular weight is 421 g/mol. The quantitative estimate of drug-likeness (QED) is 0.574. The Hall–Kier alpha value is -3.48. The van der Waals surface area contributed by atoms with Gasteiger partial charge in [-0.1, -0.05) is 37.5 Å². The zero-order valence-electron chi connectivity index (χ0n) is 17.1. The van der Waals surface area contributed by atoms with Gasteiger partial charge >= 0.3 is 0 Å². The summed E-state index contributed by atoms with van der Waals surface area (Å²) >= 11 is 0. The summed E-state index contributed by atoms with van der Waals surface area (Å²) in [6.07, 6.45) is 6.28. The average Bonchev–Trinajstić information content (AvgIpc) is 3.25. The molecule has 0 radical (unpaired) electrons. The predicted molar refractivity (Wildman–Crippen MR) is 116 cm³/mol. The molecule has 2 aromatic carbocycles. The van der Waals surface area contributed by atoms with E-state index in [-0.39, 0.29) is 29.8 Å². The first-order valence-corrected chi connectivity index (χ1v) is 10.5. The van der Waals surface area contributed by atoms with Crippen molar-refractivity contribution in [1.82, 2.24) is 4.98 Å². The van der Waals surface area contributed by atoms with Crippen molar-refractivity contribution in [3.8, 4) is 11.5 Å². The number of rotatable bonds is 6. The first-order valence-electron chi connectivity index (χ1n) is 10.5. The minimum atomic E-state index is -0.536. The molecule has 7 heteroatoms. The normalized spacial score (nSPS) is 14.2. The number of halogens is 1. The van der Waals surface area contributed by atoms with E-state index in [9.17, 15) is 14.0 Å². The zero-order chi connectivity index (χ0) is 21.6. The molecule has 1 saturated carbocycles. The molecule has 0 spiro atoms. The van der Waals surface area contributed by atoms with Crippen LogP contribution in [-0.2, 0) is 16.0 Å². The lowest BCUT2D eigenvalue weighted by Gasteiger charge is -2.21. The fraction of sp³-hybridized carbons (Fsp3) is 0.292. The Balaban J connectivity index is 1.38. The Bertz CT molecular complexity index is 1060. The number of benzene rings is 2. The van der Waals surface area contributed by atoms with E-state index < -0.39 is 5.82 Å². The van der Waals surface area contributed by atoms with Crippen LogP contribution in [0.3, 0.4) is 0 Å². The van der Waals surface area contributed by atoms with E-state index in [1.807, 2.05) is 30.3 Å². The summed E-state index contributed by atoms with van der Waals surface area (Å²) in [6.45, 7) is 0. The zero-order valence-corrected chi connectivity index (χ0v) is 17.1. The van der Waals surface area contributed by atoms with Crippen LogP contribution in [0.4, 0.5) is 15.8 Å². The number of oxazole rings is 1. The molecule has 2 amide bonds. The van der Waals surface area contributed by atoms with Gasteiger partial charge in [-0.25, -0.2) is 9.37 Å². The Morgan fingerprint density at radius 1 is 1.03 bits per heavy atom. The van der Waals surface area contributed by atoms with Crippen LogP contribution in [0.15, 0.2) is 59.2 Å². The smallest absolute Gasteiger partial charge is 0.230 e. The van der Waals surface area contributed by atoms with Gasteiger partial charge < -0.3 is 15.1 Å². The molecule has 2 N–H and O–H groups in total. The van der Waals surface area contributed by atoms with Crippen molar-refractivity contribution in [2.75, 3.05) is 10.6 Å². The van der Waals surface area contributed by atoms with Gasteiger partial charge in [0.25, 0.3) is 0 Å². The summed E-state index contributed by atoms with van der Waals surface area (Å²) < 4.78 is 19.6. The summed E-state index contributed by atoms with van der Waals surface area (Å²) in [5.74, 6) is -0.663. The lowest BCUT2D eigenvalue weighted by molar-refractivity contribution is -0.120. The number of hydrogen-bond acceptors (Lipinski definition) is 4. The molecule has 0 aliphatic heterocycles. The van der Waals surface area contributed by atoms with Crippen molar-refractivity contribution in [2.45, 2.75) is 38.5 Å². The van der Waals surface area contributed by atoms with Gasteiger partial charge in [0.05, 0.1) is 17.8 Å². The summed E-state index contributed by atoms with van der Waals surface area (Å²) in [4.78, 5) is 29.2. The summed E-state index contributed by atoms with van der Waals surface area (Å²) in [5.41, 5.74) is 1.79. The number of hydrogen-bond donors (Lipinski definition) is 2. The van der Waals surface area contributed by atoms with E-state index in [1.165, 1.54) is 24.5 Å². The first-order chi connectivity index (χ1) is 15.1. The third-order valence-electron chi connectivity index (χ3n) is 5.40. The van der Waals surface area contributed by atoms with Gasteiger partial charge in [0.1, 0.15) is 12.1 Å². The molecule has 3 aromatic rings.